The summed E-state index contributed by atoms with van der Waals surface area (Å²) in [5.41, 5.74) is 4.49. The van der Waals surface area contributed by atoms with Gasteiger partial charge in [0.2, 0.25) is 0 Å². The Bertz CT molecular complexity index is 660. The van der Waals surface area contributed by atoms with Crippen molar-refractivity contribution in [2.75, 3.05) is 0 Å². The molecule has 3 nitrogen and oxygen atoms in total. The SMILES string of the molecule is CCc1cc(O)c(-c2cc(O)ccc2O)c(CC)c1CC. The highest BCUT2D eigenvalue weighted by Gasteiger charge is 2.19. The first kappa shape index (κ1) is 15.2. The van der Waals surface area contributed by atoms with E-state index in [0.29, 0.717) is 11.1 Å². The molecule has 0 atom stereocenters. The highest BCUT2D eigenvalue weighted by Crippen LogP contribution is 2.42. The molecule has 0 saturated carbocycles. The van der Waals surface area contributed by atoms with Crippen LogP contribution in [0.5, 0.6) is 17.2 Å². The lowest BCUT2D eigenvalue weighted by atomic mass is 9.87. The molecule has 0 amide bonds. The molecule has 0 aliphatic carbocycles. The number of phenolic OH excluding ortho intramolecular Hbond substituents is 3. The van der Waals surface area contributed by atoms with Crippen LogP contribution in [-0.2, 0) is 19.3 Å². The van der Waals surface area contributed by atoms with E-state index >= 15 is 0 Å². The van der Waals surface area contributed by atoms with E-state index in [-0.39, 0.29) is 17.2 Å². The number of hydrogen-bond acceptors (Lipinski definition) is 3. The summed E-state index contributed by atoms with van der Waals surface area (Å²) >= 11 is 0. The van der Waals surface area contributed by atoms with Gasteiger partial charge in [-0.2, -0.15) is 0 Å². The average molecular weight is 286 g/mol. The maximum absolute atomic E-state index is 10.4. The van der Waals surface area contributed by atoms with Crippen molar-refractivity contribution in [2.24, 2.45) is 0 Å². The molecule has 0 unspecified atom stereocenters. The van der Waals surface area contributed by atoms with Crippen molar-refractivity contribution in [1.29, 1.82) is 0 Å². The average Bonchev–Trinajstić information content (AvgIpc) is 2.48. The Labute approximate surface area is 125 Å². The largest absolute Gasteiger partial charge is 0.508 e. The van der Waals surface area contributed by atoms with Gasteiger partial charge in [-0.15, -0.1) is 0 Å². The first-order chi connectivity index (χ1) is 10.0. The van der Waals surface area contributed by atoms with Gasteiger partial charge in [-0.1, -0.05) is 20.8 Å². The molecule has 0 heterocycles. The number of rotatable bonds is 4. The van der Waals surface area contributed by atoms with Gasteiger partial charge >= 0.3 is 0 Å². The van der Waals surface area contributed by atoms with Crippen molar-refractivity contribution in [1.82, 2.24) is 0 Å². The highest BCUT2D eigenvalue weighted by molar-refractivity contribution is 5.81. The second-order valence-electron chi connectivity index (χ2n) is 5.15. The zero-order chi connectivity index (χ0) is 15.6. The summed E-state index contributed by atoms with van der Waals surface area (Å²) in [6.07, 6.45) is 2.49. The lowest BCUT2D eigenvalue weighted by Gasteiger charge is -2.19. The smallest absolute Gasteiger partial charge is 0.124 e. The fourth-order valence-electron chi connectivity index (χ4n) is 2.99. The summed E-state index contributed by atoms with van der Waals surface area (Å²) in [7, 11) is 0. The monoisotopic (exact) mass is 286 g/mol. The van der Waals surface area contributed by atoms with E-state index in [9.17, 15) is 15.3 Å². The lowest BCUT2D eigenvalue weighted by molar-refractivity contribution is 0.459. The van der Waals surface area contributed by atoms with Crippen LogP contribution in [0.3, 0.4) is 0 Å². The van der Waals surface area contributed by atoms with E-state index in [0.717, 1.165) is 30.4 Å². The van der Waals surface area contributed by atoms with Crippen LogP contribution in [0.25, 0.3) is 11.1 Å². The zero-order valence-electron chi connectivity index (χ0n) is 12.8. The van der Waals surface area contributed by atoms with E-state index in [1.165, 1.54) is 23.8 Å². The molecular formula is C18H22O3. The number of aryl methyl sites for hydroxylation is 1. The molecule has 0 spiro atoms. The molecule has 0 saturated heterocycles. The molecular weight excluding hydrogens is 264 g/mol. The number of phenols is 3. The van der Waals surface area contributed by atoms with E-state index in [2.05, 4.69) is 13.8 Å². The van der Waals surface area contributed by atoms with Gasteiger partial charge in [0.05, 0.1) is 0 Å². The number of hydrogen-bond donors (Lipinski definition) is 3. The van der Waals surface area contributed by atoms with Gasteiger partial charge in [-0.25, -0.2) is 0 Å². The van der Waals surface area contributed by atoms with Gasteiger partial charge in [0.15, 0.2) is 0 Å². The summed E-state index contributed by atoms with van der Waals surface area (Å²) in [6.45, 7) is 6.20. The second-order valence-corrected chi connectivity index (χ2v) is 5.15. The second kappa shape index (κ2) is 6.08. The molecule has 2 aromatic rings. The third-order valence-corrected chi connectivity index (χ3v) is 3.96. The van der Waals surface area contributed by atoms with Crippen molar-refractivity contribution in [3.8, 4) is 28.4 Å². The Kier molecular flexibility index (Phi) is 4.41. The van der Waals surface area contributed by atoms with Crippen molar-refractivity contribution in [3.63, 3.8) is 0 Å². The zero-order valence-corrected chi connectivity index (χ0v) is 12.8. The minimum absolute atomic E-state index is 0.0594. The molecule has 0 aromatic heterocycles. The summed E-state index contributed by atoms with van der Waals surface area (Å²) in [6, 6.07) is 6.15. The van der Waals surface area contributed by atoms with Crippen LogP contribution in [0, 0.1) is 0 Å². The highest BCUT2D eigenvalue weighted by atomic mass is 16.3. The maximum Gasteiger partial charge on any atom is 0.124 e. The quantitative estimate of drug-likeness (QED) is 0.740. The molecule has 3 N–H and O–H groups in total. The molecule has 2 rings (SSSR count). The lowest BCUT2D eigenvalue weighted by Crippen LogP contribution is -2.01. The third-order valence-electron chi connectivity index (χ3n) is 3.96. The van der Waals surface area contributed by atoms with Gasteiger partial charge in [-0.3, -0.25) is 0 Å². The summed E-state index contributed by atoms with van der Waals surface area (Å²) in [5, 5.41) is 30.2. The van der Waals surface area contributed by atoms with Crippen molar-refractivity contribution < 1.29 is 15.3 Å². The fourth-order valence-corrected chi connectivity index (χ4v) is 2.99. The van der Waals surface area contributed by atoms with Crippen LogP contribution in [0.4, 0.5) is 0 Å². The topological polar surface area (TPSA) is 60.7 Å². The van der Waals surface area contributed by atoms with Crippen LogP contribution in [0.2, 0.25) is 0 Å². The molecule has 0 aliphatic heterocycles. The predicted octanol–water partition coefficient (Wildman–Crippen LogP) is 4.16. The molecule has 3 heteroatoms. The summed E-state index contributed by atoms with van der Waals surface area (Å²) in [4.78, 5) is 0. The molecule has 2 aromatic carbocycles. The Balaban J connectivity index is 2.82. The van der Waals surface area contributed by atoms with Crippen LogP contribution in [0.1, 0.15) is 37.5 Å². The first-order valence-corrected chi connectivity index (χ1v) is 7.42. The molecule has 0 aliphatic rings. The van der Waals surface area contributed by atoms with Crippen molar-refractivity contribution in [3.05, 3.63) is 41.0 Å². The maximum atomic E-state index is 10.4. The molecule has 0 bridgehead atoms. The van der Waals surface area contributed by atoms with Gasteiger partial charge in [0.1, 0.15) is 17.2 Å². The fraction of sp³-hybridized carbons (Fsp3) is 0.333. The van der Waals surface area contributed by atoms with Crippen LogP contribution < -0.4 is 0 Å². The summed E-state index contributed by atoms with van der Waals surface area (Å²) < 4.78 is 0. The van der Waals surface area contributed by atoms with Crippen molar-refractivity contribution >= 4 is 0 Å². The third kappa shape index (κ3) is 2.68. The Morgan fingerprint density at radius 3 is 2.00 bits per heavy atom. The molecule has 0 radical (unpaired) electrons. The van der Waals surface area contributed by atoms with Gasteiger partial charge in [-0.05, 0) is 60.2 Å². The Hall–Kier alpha value is -2.16. The molecule has 112 valence electrons. The predicted molar refractivity (Wildman–Crippen MR) is 85.0 cm³/mol. The Morgan fingerprint density at radius 1 is 0.762 bits per heavy atom. The Morgan fingerprint density at radius 2 is 1.43 bits per heavy atom. The van der Waals surface area contributed by atoms with Gasteiger partial charge < -0.3 is 15.3 Å². The van der Waals surface area contributed by atoms with E-state index in [1.54, 1.807) is 6.07 Å². The van der Waals surface area contributed by atoms with Crippen LogP contribution >= 0.6 is 0 Å². The van der Waals surface area contributed by atoms with Gasteiger partial charge in [0.25, 0.3) is 0 Å². The van der Waals surface area contributed by atoms with Crippen molar-refractivity contribution in [2.45, 2.75) is 40.0 Å². The van der Waals surface area contributed by atoms with Crippen LogP contribution in [-0.4, -0.2) is 15.3 Å². The minimum Gasteiger partial charge on any atom is -0.508 e. The summed E-state index contributed by atoms with van der Waals surface area (Å²) in [5.74, 6) is 0.285. The van der Waals surface area contributed by atoms with E-state index in [4.69, 9.17) is 0 Å². The number of benzene rings is 2. The van der Waals surface area contributed by atoms with E-state index < -0.39 is 0 Å². The first-order valence-electron chi connectivity index (χ1n) is 7.42. The molecule has 0 fully saturated rings. The molecule has 21 heavy (non-hydrogen) atoms. The normalized spacial score (nSPS) is 10.8. The van der Waals surface area contributed by atoms with Crippen LogP contribution in [0.15, 0.2) is 24.3 Å². The van der Waals surface area contributed by atoms with E-state index in [1.807, 2.05) is 6.92 Å². The minimum atomic E-state index is 0.0594. The van der Waals surface area contributed by atoms with Gasteiger partial charge in [0, 0.05) is 11.1 Å². The number of aromatic hydroxyl groups is 3. The standard InChI is InChI=1S/C18H22O3/c1-4-11-9-17(21)18(14(6-3)13(11)5-2)15-10-12(19)7-8-16(15)20/h7-10,19-21H,4-6H2,1-3H3.